The molecule has 0 radical (unpaired) electrons. The van der Waals surface area contributed by atoms with Crippen LogP contribution >= 0.6 is 11.6 Å². The molecular weight excluding hydrogens is 236 g/mol. The van der Waals surface area contributed by atoms with Gasteiger partial charge in [-0.2, -0.15) is 0 Å². The van der Waals surface area contributed by atoms with Gasteiger partial charge in [0.05, 0.1) is 12.7 Å². The van der Waals surface area contributed by atoms with Crippen molar-refractivity contribution in [3.8, 4) is 11.3 Å². The Morgan fingerprint density at radius 3 is 3.06 bits per heavy atom. The summed E-state index contributed by atoms with van der Waals surface area (Å²) in [5.74, 6) is 1.45. The van der Waals surface area contributed by atoms with Crippen LogP contribution < -0.4 is 5.32 Å². The third-order valence-electron chi connectivity index (χ3n) is 2.37. The Balaban J connectivity index is 2.07. The second-order valence-electron chi connectivity index (χ2n) is 3.81. The molecule has 0 amide bonds. The van der Waals surface area contributed by atoms with Gasteiger partial charge >= 0.3 is 0 Å². The lowest BCUT2D eigenvalue weighted by Crippen LogP contribution is -2.13. The molecule has 0 fully saturated rings. The highest BCUT2D eigenvalue weighted by atomic mass is 35.5. The summed E-state index contributed by atoms with van der Waals surface area (Å²) in [5, 5.41) is 3.94. The number of nitrogens with zero attached hydrogens (tertiary/aromatic N) is 1. The van der Waals surface area contributed by atoms with Crippen LogP contribution in [0.3, 0.4) is 0 Å². The van der Waals surface area contributed by atoms with Gasteiger partial charge in [-0.25, -0.2) is 4.98 Å². The lowest BCUT2D eigenvalue weighted by Gasteiger charge is -1.98. The van der Waals surface area contributed by atoms with Crippen molar-refractivity contribution in [1.82, 2.24) is 10.3 Å². The average Bonchev–Trinajstić information content (AvgIpc) is 2.78. The molecule has 4 heteroatoms. The number of nitrogens with one attached hydrogen (secondary N) is 1. The summed E-state index contributed by atoms with van der Waals surface area (Å²) in [5.41, 5.74) is 0.951. The van der Waals surface area contributed by atoms with E-state index in [2.05, 4.69) is 17.2 Å². The summed E-state index contributed by atoms with van der Waals surface area (Å²) < 4.78 is 5.64. The molecule has 3 nitrogen and oxygen atoms in total. The van der Waals surface area contributed by atoms with Gasteiger partial charge in [-0.1, -0.05) is 30.7 Å². The number of benzene rings is 1. The topological polar surface area (TPSA) is 38.1 Å². The molecule has 0 atom stereocenters. The lowest BCUT2D eigenvalue weighted by molar-refractivity contribution is 0.478. The van der Waals surface area contributed by atoms with Gasteiger partial charge in [-0.05, 0) is 25.1 Å². The minimum absolute atomic E-state index is 0.661. The lowest BCUT2D eigenvalue weighted by atomic mass is 10.2. The van der Waals surface area contributed by atoms with E-state index >= 15 is 0 Å². The van der Waals surface area contributed by atoms with Crippen molar-refractivity contribution in [1.29, 1.82) is 0 Å². The summed E-state index contributed by atoms with van der Waals surface area (Å²) in [6, 6.07) is 7.56. The normalized spacial score (nSPS) is 10.7. The molecule has 1 N–H and O–H groups in total. The molecule has 17 heavy (non-hydrogen) atoms. The third kappa shape index (κ3) is 3.32. The molecule has 0 spiro atoms. The minimum Gasteiger partial charge on any atom is -0.439 e. The maximum Gasteiger partial charge on any atom is 0.208 e. The van der Waals surface area contributed by atoms with E-state index in [9.17, 15) is 0 Å². The number of hydrogen-bond donors (Lipinski definition) is 1. The fourth-order valence-electron chi connectivity index (χ4n) is 1.54. The Labute approximate surface area is 106 Å². The van der Waals surface area contributed by atoms with E-state index in [1.807, 2.05) is 24.3 Å². The van der Waals surface area contributed by atoms with Crippen LogP contribution in [0.1, 0.15) is 19.2 Å². The first-order chi connectivity index (χ1) is 8.29. The molecule has 2 rings (SSSR count). The van der Waals surface area contributed by atoms with Crippen LogP contribution in [-0.4, -0.2) is 11.5 Å². The minimum atomic E-state index is 0.661. The predicted molar refractivity (Wildman–Crippen MR) is 68.9 cm³/mol. The van der Waals surface area contributed by atoms with E-state index in [4.69, 9.17) is 16.0 Å². The monoisotopic (exact) mass is 250 g/mol. The van der Waals surface area contributed by atoms with Crippen LogP contribution in [-0.2, 0) is 6.54 Å². The molecule has 0 aliphatic heterocycles. The summed E-state index contributed by atoms with van der Waals surface area (Å²) in [7, 11) is 0. The van der Waals surface area contributed by atoms with Gasteiger partial charge < -0.3 is 9.73 Å². The van der Waals surface area contributed by atoms with Crippen LogP contribution in [0.2, 0.25) is 5.02 Å². The van der Waals surface area contributed by atoms with Crippen LogP contribution in [0.15, 0.2) is 34.9 Å². The van der Waals surface area contributed by atoms with E-state index in [0.29, 0.717) is 17.5 Å². The predicted octanol–water partition coefficient (Wildman–Crippen LogP) is 3.49. The summed E-state index contributed by atoms with van der Waals surface area (Å²) in [6.07, 6.45) is 2.83. The highest BCUT2D eigenvalue weighted by Gasteiger charge is 2.06. The fourth-order valence-corrected chi connectivity index (χ4v) is 1.73. The number of rotatable bonds is 5. The first-order valence-corrected chi connectivity index (χ1v) is 6.08. The maximum atomic E-state index is 5.93. The number of halogens is 1. The van der Waals surface area contributed by atoms with Crippen molar-refractivity contribution < 1.29 is 4.42 Å². The average molecular weight is 251 g/mol. The zero-order chi connectivity index (χ0) is 12.1. The van der Waals surface area contributed by atoms with Gasteiger partial charge in [0.25, 0.3) is 0 Å². The van der Waals surface area contributed by atoms with Gasteiger partial charge in [0.1, 0.15) is 0 Å². The van der Waals surface area contributed by atoms with E-state index in [-0.39, 0.29) is 0 Å². The Morgan fingerprint density at radius 1 is 1.41 bits per heavy atom. The molecule has 90 valence electrons. The van der Waals surface area contributed by atoms with E-state index in [0.717, 1.165) is 24.3 Å². The second kappa shape index (κ2) is 5.84. The smallest absolute Gasteiger partial charge is 0.208 e. The van der Waals surface area contributed by atoms with Gasteiger partial charge in [-0.15, -0.1) is 0 Å². The van der Waals surface area contributed by atoms with Gasteiger partial charge in [-0.3, -0.25) is 0 Å². The van der Waals surface area contributed by atoms with E-state index < -0.39 is 0 Å². The van der Waals surface area contributed by atoms with Crippen LogP contribution in [0.25, 0.3) is 11.3 Å². The van der Waals surface area contributed by atoms with Gasteiger partial charge in [0.15, 0.2) is 5.76 Å². The number of hydrogen-bond acceptors (Lipinski definition) is 3. The molecule has 0 bridgehead atoms. The van der Waals surface area contributed by atoms with Crippen LogP contribution in [0, 0.1) is 0 Å². The van der Waals surface area contributed by atoms with E-state index in [1.54, 1.807) is 6.20 Å². The summed E-state index contributed by atoms with van der Waals surface area (Å²) in [4.78, 5) is 4.22. The SMILES string of the molecule is CCCNCc1ncc(-c2cccc(Cl)c2)o1. The fraction of sp³-hybridized carbons (Fsp3) is 0.308. The second-order valence-corrected chi connectivity index (χ2v) is 4.24. The number of aromatic nitrogens is 1. The highest BCUT2D eigenvalue weighted by molar-refractivity contribution is 6.30. The zero-order valence-electron chi connectivity index (χ0n) is 9.74. The Kier molecular flexibility index (Phi) is 4.18. The van der Waals surface area contributed by atoms with Crippen molar-refractivity contribution in [3.63, 3.8) is 0 Å². The first kappa shape index (κ1) is 12.1. The molecule has 1 heterocycles. The Hall–Kier alpha value is -1.32. The maximum absolute atomic E-state index is 5.93. The standard InChI is InChI=1S/C13H15ClN2O/c1-2-6-15-9-13-16-8-12(17-13)10-4-3-5-11(14)7-10/h3-5,7-8,15H,2,6,9H2,1H3. The summed E-state index contributed by atoms with van der Waals surface area (Å²) in [6.45, 7) is 3.75. The third-order valence-corrected chi connectivity index (χ3v) is 2.60. The molecule has 1 aromatic carbocycles. The molecule has 2 aromatic rings. The zero-order valence-corrected chi connectivity index (χ0v) is 10.5. The Bertz CT molecular complexity index is 482. The Morgan fingerprint density at radius 2 is 2.29 bits per heavy atom. The summed E-state index contributed by atoms with van der Waals surface area (Å²) >= 11 is 5.93. The first-order valence-electron chi connectivity index (χ1n) is 5.71. The quantitative estimate of drug-likeness (QED) is 0.826. The van der Waals surface area contributed by atoms with Crippen molar-refractivity contribution in [2.24, 2.45) is 0 Å². The molecule has 0 saturated carbocycles. The van der Waals surface area contributed by atoms with Crippen molar-refractivity contribution in [3.05, 3.63) is 41.4 Å². The molecule has 0 saturated heterocycles. The highest BCUT2D eigenvalue weighted by Crippen LogP contribution is 2.23. The van der Waals surface area contributed by atoms with Crippen LogP contribution in [0.5, 0.6) is 0 Å². The van der Waals surface area contributed by atoms with Crippen molar-refractivity contribution >= 4 is 11.6 Å². The van der Waals surface area contributed by atoms with Gasteiger partial charge in [0, 0.05) is 10.6 Å². The molecule has 1 aromatic heterocycles. The molecular formula is C13H15ClN2O. The molecule has 0 aliphatic rings. The van der Waals surface area contributed by atoms with Crippen LogP contribution in [0.4, 0.5) is 0 Å². The van der Waals surface area contributed by atoms with E-state index in [1.165, 1.54) is 0 Å². The van der Waals surface area contributed by atoms with Crippen molar-refractivity contribution in [2.75, 3.05) is 6.54 Å². The van der Waals surface area contributed by atoms with Crippen molar-refractivity contribution in [2.45, 2.75) is 19.9 Å². The molecule has 0 unspecified atom stereocenters. The number of oxazole rings is 1. The molecule has 0 aliphatic carbocycles. The van der Waals surface area contributed by atoms with Gasteiger partial charge in [0.2, 0.25) is 5.89 Å². The largest absolute Gasteiger partial charge is 0.439 e.